The second-order valence-electron chi connectivity index (χ2n) is 5.18. The summed E-state index contributed by atoms with van der Waals surface area (Å²) >= 11 is 0. The molecule has 2 rings (SSSR count). The molecule has 1 aliphatic rings. The van der Waals surface area contributed by atoms with Gasteiger partial charge in [-0.3, -0.25) is 0 Å². The predicted molar refractivity (Wildman–Crippen MR) is 75.3 cm³/mol. The van der Waals surface area contributed by atoms with Crippen molar-refractivity contribution < 1.29 is 0 Å². The van der Waals surface area contributed by atoms with E-state index in [1.165, 1.54) is 31.2 Å². The molecule has 94 valence electrons. The number of hydrogen-bond donors (Lipinski definition) is 0. The molecule has 0 unspecified atom stereocenters. The van der Waals surface area contributed by atoms with Crippen molar-refractivity contribution in [2.24, 2.45) is 5.92 Å². The van der Waals surface area contributed by atoms with Gasteiger partial charge in [-0.05, 0) is 61.6 Å². The maximum absolute atomic E-state index is 8.80. The summed E-state index contributed by atoms with van der Waals surface area (Å²) in [5, 5.41) is 8.80. The van der Waals surface area contributed by atoms with Crippen molar-refractivity contribution >= 4 is 0 Å². The first-order valence-corrected chi connectivity index (χ1v) is 7.00. The molecule has 0 amide bonds. The first-order chi connectivity index (χ1) is 8.83. The molecule has 1 heteroatoms. The van der Waals surface area contributed by atoms with Crippen molar-refractivity contribution in [3.05, 3.63) is 47.5 Å². The molecule has 0 aromatic heterocycles. The van der Waals surface area contributed by atoms with E-state index in [1.54, 1.807) is 0 Å². The molecule has 0 aliphatic heterocycles. The van der Waals surface area contributed by atoms with E-state index in [9.17, 15) is 0 Å². The van der Waals surface area contributed by atoms with Crippen LogP contribution in [0.5, 0.6) is 0 Å². The van der Waals surface area contributed by atoms with E-state index < -0.39 is 0 Å². The minimum atomic E-state index is 0.698. The van der Waals surface area contributed by atoms with E-state index in [4.69, 9.17) is 5.26 Å². The molecule has 1 aliphatic carbocycles. The number of allylic oxidation sites excluding steroid dienone is 2. The smallest absolute Gasteiger partial charge is 0.0991 e. The molecule has 1 saturated carbocycles. The van der Waals surface area contributed by atoms with Gasteiger partial charge in [0.2, 0.25) is 0 Å². The number of benzene rings is 1. The van der Waals surface area contributed by atoms with Gasteiger partial charge >= 0.3 is 0 Å². The summed E-state index contributed by atoms with van der Waals surface area (Å²) < 4.78 is 0. The minimum Gasteiger partial charge on any atom is -0.192 e. The van der Waals surface area contributed by atoms with E-state index in [-0.39, 0.29) is 0 Å². The highest BCUT2D eigenvalue weighted by atomic mass is 14.3. The van der Waals surface area contributed by atoms with Gasteiger partial charge in [-0.15, -0.1) is 0 Å². The number of hydrogen-bond acceptors (Lipinski definition) is 1. The summed E-state index contributed by atoms with van der Waals surface area (Å²) in [6, 6.07) is 10.3. The quantitative estimate of drug-likeness (QED) is 0.695. The minimum absolute atomic E-state index is 0.698. The van der Waals surface area contributed by atoms with Crippen LogP contribution in [-0.4, -0.2) is 0 Å². The third-order valence-electron chi connectivity index (χ3n) is 3.93. The van der Waals surface area contributed by atoms with Gasteiger partial charge in [-0.1, -0.05) is 31.2 Å². The van der Waals surface area contributed by atoms with Crippen LogP contribution in [0.3, 0.4) is 0 Å². The Morgan fingerprint density at radius 3 is 2.39 bits per heavy atom. The Bertz CT molecular complexity index is 428. The Labute approximate surface area is 110 Å². The lowest BCUT2D eigenvalue weighted by Gasteiger charge is -2.27. The van der Waals surface area contributed by atoms with Crippen LogP contribution < -0.4 is 0 Å². The average molecular weight is 239 g/mol. The molecule has 0 spiro atoms. The lowest BCUT2D eigenvalue weighted by Crippen LogP contribution is -2.11. The predicted octanol–water partition coefficient (Wildman–Crippen LogP) is 4.80. The van der Waals surface area contributed by atoms with Gasteiger partial charge < -0.3 is 0 Å². The standard InChI is InChI=1S/C17H21N/c1-2-3-4-14-5-9-16(10-6-14)17-11-7-15(13-18)8-12-17/h3-4,7-8,11-12,14,16H,2,5-6,9-10H2,1H3/b4-3+/t14-,16-. The second-order valence-corrected chi connectivity index (χ2v) is 5.18. The van der Waals surface area contributed by atoms with E-state index >= 15 is 0 Å². The number of nitriles is 1. The molecule has 1 fully saturated rings. The monoisotopic (exact) mass is 239 g/mol. The highest BCUT2D eigenvalue weighted by molar-refractivity contribution is 5.33. The van der Waals surface area contributed by atoms with Gasteiger partial charge in [0.15, 0.2) is 0 Å². The highest BCUT2D eigenvalue weighted by Crippen LogP contribution is 2.36. The lowest BCUT2D eigenvalue weighted by atomic mass is 9.78. The highest BCUT2D eigenvalue weighted by Gasteiger charge is 2.20. The Hall–Kier alpha value is -1.55. The maximum Gasteiger partial charge on any atom is 0.0991 e. The zero-order valence-electron chi connectivity index (χ0n) is 11.1. The van der Waals surface area contributed by atoms with Gasteiger partial charge in [0.05, 0.1) is 11.6 Å². The van der Waals surface area contributed by atoms with Gasteiger partial charge in [-0.25, -0.2) is 0 Å². The largest absolute Gasteiger partial charge is 0.192 e. The molecule has 0 atom stereocenters. The van der Waals surface area contributed by atoms with E-state index in [1.807, 2.05) is 12.1 Å². The van der Waals surface area contributed by atoms with Crippen molar-refractivity contribution in [1.82, 2.24) is 0 Å². The van der Waals surface area contributed by atoms with Crippen LogP contribution in [0.25, 0.3) is 0 Å². The van der Waals surface area contributed by atoms with Crippen LogP contribution in [-0.2, 0) is 0 Å². The zero-order valence-corrected chi connectivity index (χ0v) is 11.1. The number of nitrogens with zero attached hydrogens (tertiary/aromatic N) is 1. The topological polar surface area (TPSA) is 23.8 Å². The molecule has 1 aromatic carbocycles. The average Bonchev–Trinajstić information content (AvgIpc) is 2.46. The Morgan fingerprint density at radius 2 is 1.83 bits per heavy atom. The second kappa shape index (κ2) is 6.40. The van der Waals surface area contributed by atoms with E-state index in [0.29, 0.717) is 5.92 Å². The lowest BCUT2D eigenvalue weighted by molar-refractivity contribution is 0.375. The fourth-order valence-corrected chi connectivity index (χ4v) is 2.80. The summed E-state index contributed by atoms with van der Waals surface area (Å²) in [6.07, 6.45) is 11.0. The van der Waals surface area contributed by atoms with Crippen LogP contribution >= 0.6 is 0 Å². The molecule has 0 bridgehead atoms. The molecular formula is C17H21N. The van der Waals surface area contributed by atoms with Gasteiger partial charge in [-0.2, -0.15) is 5.26 Å². The third-order valence-corrected chi connectivity index (χ3v) is 3.93. The number of rotatable bonds is 3. The van der Waals surface area contributed by atoms with Crippen LogP contribution in [0.1, 0.15) is 56.1 Å². The van der Waals surface area contributed by atoms with E-state index in [2.05, 4.69) is 37.3 Å². The van der Waals surface area contributed by atoms with E-state index in [0.717, 1.165) is 17.9 Å². The molecule has 0 heterocycles. The summed E-state index contributed by atoms with van der Waals surface area (Å²) in [7, 11) is 0. The van der Waals surface area contributed by atoms with Crippen LogP contribution in [0.4, 0.5) is 0 Å². The first-order valence-electron chi connectivity index (χ1n) is 7.00. The normalized spacial score (nSPS) is 24.0. The Kier molecular flexibility index (Phi) is 4.59. The van der Waals surface area contributed by atoms with Crippen molar-refractivity contribution in [1.29, 1.82) is 5.26 Å². The molecule has 18 heavy (non-hydrogen) atoms. The SMILES string of the molecule is CC/C=C/[C@H]1CC[C@H](c2ccc(C#N)cc2)CC1. The fraction of sp³-hybridized carbons (Fsp3) is 0.471. The van der Waals surface area contributed by atoms with Gasteiger partial charge in [0.1, 0.15) is 0 Å². The summed E-state index contributed by atoms with van der Waals surface area (Å²) in [4.78, 5) is 0. The molecular weight excluding hydrogens is 218 g/mol. The Balaban J connectivity index is 1.93. The summed E-state index contributed by atoms with van der Waals surface area (Å²) in [5.41, 5.74) is 2.17. The fourth-order valence-electron chi connectivity index (χ4n) is 2.80. The van der Waals surface area contributed by atoms with Crippen molar-refractivity contribution in [2.75, 3.05) is 0 Å². The van der Waals surface area contributed by atoms with Crippen molar-refractivity contribution in [3.8, 4) is 6.07 Å². The molecule has 0 radical (unpaired) electrons. The first kappa shape index (κ1) is 12.9. The third kappa shape index (κ3) is 3.23. The zero-order chi connectivity index (χ0) is 12.8. The Morgan fingerprint density at radius 1 is 1.17 bits per heavy atom. The summed E-state index contributed by atoms with van der Waals surface area (Å²) in [6.45, 7) is 2.19. The van der Waals surface area contributed by atoms with Crippen molar-refractivity contribution in [3.63, 3.8) is 0 Å². The summed E-state index contributed by atoms with van der Waals surface area (Å²) in [5.74, 6) is 1.49. The molecule has 0 N–H and O–H groups in total. The molecule has 0 saturated heterocycles. The van der Waals surface area contributed by atoms with Crippen LogP contribution in [0.2, 0.25) is 0 Å². The molecule has 1 nitrogen and oxygen atoms in total. The van der Waals surface area contributed by atoms with Crippen molar-refractivity contribution in [2.45, 2.75) is 44.9 Å². The van der Waals surface area contributed by atoms with Gasteiger partial charge in [0.25, 0.3) is 0 Å². The maximum atomic E-state index is 8.80. The molecule has 1 aromatic rings. The van der Waals surface area contributed by atoms with Crippen LogP contribution in [0, 0.1) is 17.2 Å². The van der Waals surface area contributed by atoms with Crippen LogP contribution in [0.15, 0.2) is 36.4 Å². The van der Waals surface area contributed by atoms with Gasteiger partial charge in [0, 0.05) is 0 Å².